The van der Waals surface area contributed by atoms with Gasteiger partial charge >= 0.3 is 5.97 Å². The van der Waals surface area contributed by atoms with Gasteiger partial charge in [0.15, 0.2) is 5.17 Å². The number of hydrogen-bond donors (Lipinski definition) is 3. The Morgan fingerprint density at radius 1 is 1.75 bits per heavy atom. The van der Waals surface area contributed by atoms with E-state index >= 15 is 0 Å². The summed E-state index contributed by atoms with van der Waals surface area (Å²) in [4.78, 5) is 10.6. The molecule has 0 aromatic carbocycles. The fourth-order valence-corrected chi connectivity index (χ4v) is 0.454. The predicted molar refractivity (Wildman–Crippen MR) is 52.9 cm³/mol. The summed E-state index contributed by atoms with van der Waals surface area (Å²) in [6.07, 6.45) is 2.49. The van der Waals surface area contributed by atoms with Crippen molar-refractivity contribution in [1.29, 1.82) is 5.41 Å². The first-order valence-electron chi connectivity index (χ1n) is 3.04. The molecule has 0 bridgehead atoms. The van der Waals surface area contributed by atoms with E-state index < -0.39 is 5.97 Å². The summed E-state index contributed by atoms with van der Waals surface area (Å²) in [7, 11) is 0. The molecule has 0 saturated heterocycles. The van der Waals surface area contributed by atoms with E-state index in [2.05, 4.69) is 22.7 Å². The van der Waals surface area contributed by atoms with Crippen LogP contribution in [0.4, 0.5) is 0 Å². The minimum absolute atomic E-state index is 0. The molecule has 0 atom stereocenters. The molecule has 0 saturated carbocycles. The Morgan fingerprint density at radius 2 is 2.33 bits per heavy atom. The van der Waals surface area contributed by atoms with Crippen LogP contribution in [0.5, 0.6) is 0 Å². The zero-order valence-corrected chi connectivity index (χ0v) is 8.24. The lowest BCUT2D eigenvalue weighted by Crippen LogP contribution is -2.09. The van der Waals surface area contributed by atoms with Gasteiger partial charge in [-0.2, -0.15) is 0 Å². The van der Waals surface area contributed by atoms with Gasteiger partial charge in [-0.1, -0.05) is 0 Å². The van der Waals surface area contributed by atoms with Crippen molar-refractivity contribution in [2.45, 2.75) is 6.92 Å². The summed E-state index contributed by atoms with van der Waals surface area (Å²) in [6, 6.07) is 0. The molecule has 0 rings (SSSR count). The van der Waals surface area contributed by atoms with Crippen LogP contribution in [0.15, 0.2) is 12.3 Å². The van der Waals surface area contributed by atoms with Crippen LogP contribution >= 0.6 is 25.0 Å². The Labute approximate surface area is 82.7 Å². The minimum atomic E-state index is -0.436. The maximum Gasteiger partial charge on any atom is 0.332 e. The molecule has 70 valence electrons. The van der Waals surface area contributed by atoms with Gasteiger partial charge in [-0.3, -0.25) is 5.41 Å². The number of amidine groups is 1. The van der Waals surface area contributed by atoms with Gasteiger partial charge in [0.25, 0.3) is 0 Å². The average Bonchev–Trinajstić information content (AvgIpc) is 1.87. The van der Waals surface area contributed by atoms with Gasteiger partial charge in [-0.15, -0.1) is 25.0 Å². The van der Waals surface area contributed by atoms with E-state index in [1.807, 2.05) is 0 Å². The highest BCUT2D eigenvalue weighted by Crippen LogP contribution is 1.79. The fraction of sp³-hybridized carbons (Fsp3) is 0.333. The topological polar surface area (TPSA) is 62.2 Å². The summed E-state index contributed by atoms with van der Waals surface area (Å²) >= 11 is 3.62. The summed E-state index contributed by atoms with van der Waals surface area (Å²) in [6.45, 7) is 2.07. The van der Waals surface area contributed by atoms with Crippen LogP contribution in [0.1, 0.15) is 6.92 Å². The third-order valence-electron chi connectivity index (χ3n) is 0.726. The van der Waals surface area contributed by atoms with Crippen LogP contribution in [0.2, 0.25) is 0 Å². The molecule has 0 aliphatic carbocycles. The Bertz CT molecular complexity index is 184. The molecule has 2 N–H and O–H groups in total. The maximum absolute atomic E-state index is 10.6. The van der Waals surface area contributed by atoms with Crippen molar-refractivity contribution in [3.8, 4) is 0 Å². The second-order valence-corrected chi connectivity index (χ2v) is 2.03. The van der Waals surface area contributed by atoms with Gasteiger partial charge in [0.1, 0.15) is 0 Å². The molecule has 0 fully saturated rings. The van der Waals surface area contributed by atoms with Gasteiger partial charge in [0, 0.05) is 12.3 Å². The average molecular weight is 211 g/mol. The fourth-order valence-electron chi connectivity index (χ4n) is 0.379. The van der Waals surface area contributed by atoms with E-state index in [0.717, 1.165) is 0 Å². The van der Waals surface area contributed by atoms with Crippen LogP contribution < -0.4 is 5.32 Å². The first-order chi connectivity index (χ1) is 5.16. The molecule has 12 heavy (non-hydrogen) atoms. The number of hydrogen-bond acceptors (Lipinski definition) is 3. The summed E-state index contributed by atoms with van der Waals surface area (Å²) < 4.78 is 4.56. The molecule has 0 aliphatic heterocycles. The predicted octanol–water partition coefficient (Wildman–Crippen LogP) is 0.939. The molecule has 4 nitrogen and oxygen atoms in total. The Morgan fingerprint density at radius 3 is 2.75 bits per heavy atom. The zero-order chi connectivity index (χ0) is 8.69. The van der Waals surface area contributed by atoms with Crippen molar-refractivity contribution < 1.29 is 9.53 Å². The number of ether oxygens (including phenoxy) is 1. The summed E-state index contributed by atoms with van der Waals surface area (Å²) in [5, 5.41) is 9.17. The van der Waals surface area contributed by atoms with E-state index in [0.29, 0.717) is 6.61 Å². The standard InChI is InChI=1S/C6H10N2O2S.ClH/c1-2-10-5(9)3-4-8-6(7)11;/h3-4H,2H2,1H3,(H3,7,8,11);1H/b4-3-;. The van der Waals surface area contributed by atoms with Gasteiger partial charge in [-0.05, 0) is 6.92 Å². The zero-order valence-electron chi connectivity index (χ0n) is 6.53. The van der Waals surface area contributed by atoms with Crippen molar-refractivity contribution >= 4 is 36.2 Å². The lowest BCUT2D eigenvalue weighted by molar-refractivity contribution is -0.137. The Kier molecular flexibility index (Phi) is 9.74. The third-order valence-corrected chi connectivity index (χ3v) is 0.855. The van der Waals surface area contributed by atoms with E-state index in [-0.39, 0.29) is 17.6 Å². The molecular formula is C6H11ClN2O2S. The van der Waals surface area contributed by atoms with Gasteiger partial charge < -0.3 is 10.1 Å². The molecule has 0 aliphatic rings. The third kappa shape index (κ3) is 9.32. The highest BCUT2D eigenvalue weighted by atomic mass is 35.5. The van der Waals surface area contributed by atoms with Crippen molar-refractivity contribution in [3.63, 3.8) is 0 Å². The normalized spacial score (nSPS) is 8.83. The Hall–Kier alpha value is -0.680. The van der Waals surface area contributed by atoms with Crippen LogP contribution in [-0.2, 0) is 9.53 Å². The van der Waals surface area contributed by atoms with Gasteiger partial charge in [0.05, 0.1) is 6.61 Å². The molecular weight excluding hydrogens is 200 g/mol. The molecule has 6 heteroatoms. The Balaban J connectivity index is 0. The number of esters is 1. The van der Waals surface area contributed by atoms with E-state index in [1.165, 1.54) is 12.3 Å². The number of halogens is 1. The molecule has 0 amide bonds. The number of nitrogens with one attached hydrogen (secondary N) is 2. The largest absolute Gasteiger partial charge is 0.463 e. The lowest BCUT2D eigenvalue weighted by Gasteiger charge is -1.95. The molecule has 0 aromatic heterocycles. The molecule has 0 unspecified atom stereocenters. The van der Waals surface area contributed by atoms with Crippen molar-refractivity contribution in [1.82, 2.24) is 5.32 Å². The quantitative estimate of drug-likeness (QED) is 0.214. The van der Waals surface area contributed by atoms with Crippen LogP contribution in [0.25, 0.3) is 0 Å². The van der Waals surface area contributed by atoms with Gasteiger partial charge in [-0.25, -0.2) is 4.79 Å². The first kappa shape index (κ1) is 13.9. The lowest BCUT2D eigenvalue weighted by atomic mass is 10.6. The molecule has 0 heterocycles. The van der Waals surface area contributed by atoms with E-state index in [1.54, 1.807) is 6.92 Å². The second-order valence-electron chi connectivity index (χ2n) is 1.58. The highest BCUT2D eigenvalue weighted by Gasteiger charge is 1.91. The van der Waals surface area contributed by atoms with Crippen LogP contribution in [0, 0.1) is 5.41 Å². The number of rotatable bonds is 3. The summed E-state index contributed by atoms with van der Waals surface area (Å²) in [5.74, 6) is -0.436. The number of thiol groups is 1. The smallest absolute Gasteiger partial charge is 0.332 e. The van der Waals surface area contributed by atoms with Crippen LogP contribution in [-0.4, -0.2) is 17.7 Å². The van der Waals surface area contributed by atoms with E-state index in [9.17, 15) is 4.79 Å². The highest BCUT2D eigenvalue weighted by molar-refractivity contribution is 7.96. The van der Waals surface area contributed by atoms with Crippen molar-refractivity contribution in [2.24, 2.45) is 0 Å². The molecule has 0 aromatic rings. The van der Waals surface area contributed by atoms with E-state index in [4.69, 9.17) is 5.41 Å². The molecule has 0 radical (unpaired) electrons. The van der Waals surface area contributed by atoms with Crippen molar-refractivity contribution in [3.05, 3.63) is 12.3 Å². The second kappa shape index (κ2) is 8.42. The minimum Gasteiger partial charge on any atom is -0.463 e. The number of carbonyl (C=O) groups is 1. The molecule has 0 spiro atoms. The van der Waals surface area contributed by atoms with Crippen molar-refractivity contribution in [2.75, 3.05) is 6.61 Å². The number of carbonyl (C=O) groups excluding carboxylic acids is 1. The van der Waals surface area contributed by atoms with Gasteiger partial charge in [0.2, 0.25) is 0 Å². The first-order valence-corrected chi connectivity index (χ1v) is 3.49. The SMILES string of the molecule is CCOC(=O)/C=C\NC(=N)S.Cl. The monoisotopic (exact) mass is 210 g/mol. The maximum atomic E-state index is 10.6. The van der Waals surface area contributed by atoms with Crippen LogP contribution in [0.3, 0.4) is 0 Å². The summed E-state index contributed by atoms with van der Waals surface area (Å²) in [5.41, 5.74) is 0.